The Morgan fingerprint density at radius 3 is 1.94 bits per heavy atom. The molecule has 1 aromatic heterocycles. The van der Waals surface area contributed by atoms with Crippen molar-refractivity contribution in [2.45, 2.75) is 11.6 Å². The van der Waals surface area contributed by atoms with Crippen molar-refractivity contribution < 1.29 is 38.0 Å². The lowest BCUT2D eigenvalue weighted by molar-refractivity contribution is -0.138. The van der Waals surface area contributed by atoms with E-state index in [4.69, 9.17) is 33.2 Å². The van der Waals surface area contributed by atoms with Gasteiger partial charge in [0, 0.05) is 5.56 Å². The molecule has 0 aliphatic rings. The van der Waals surface area contributed by atoms with E-state index >= 15 is 0 Å². The van der Waals surface area contributed by atoms with Crippen LogP contribution in [0.25, 0.3) is 11.5 Å². The quantitative estimate of drug-likeness (QED) is 0.263. The van der Waals surface area contributed by atoms with Crippen molar-refractivity contribution in [3.05, 3.63) is 24.3 Å². The lowest BCUT2D eigenvalue weighted by Gasteiger charge is -2.08. The van der Waals surface area contributed by atoms with Gasteiger partial charge in [-0.2, -0.15) is 0 Å². The van der Waals surface area contributed by atoms with E-state index in [2.05, 4.69) is 10.2 Å². The van der Waals surface area contributed by atoms with Crippen LogP contribution in [0, 0.1) is 0 Å². The highest BCUT2D eigenvalue weighted by molar-refractivity contribution is 7.98. The van der Waals surface area contributed by atoms with E-state index in [0.717, 1.165) is 11.3 Å². The summed E-state index contributed by atoms with van der Waals surface area (Å²) in [6, 6.07) is 7.43. The topological polar surface area (TPSA) is 122 Å². The number of hydrogen-bond acceptors (Lipinski definition) is 10. The average Bonchev–Trinajstić information content (AvgIpc) is 3.26. The molecule has 31 heavy (non-hydrogen) atoms. The molecule has 1 aromatic carbocycles. The van der Waals surface area contributed by atoms with Gasteiger partial charge in [-0.3, -0.25) is 4.79 Å². The maximum atomic E-state index is 10.3. The number of carboxylic acids is 1. The maximum absolute atomic E-state index is 10.3. The van der Waals surface area contributed by atoms with Gasteiger partial charge < -0.3 is 33.2 Å². The summed E-state index contributed by atoms with van der Waals surface area (Å²) in [6.07, 6.45) is 1.88. The van der Waals surface area contributed by atoms with Crippen LogP contribution in [0.2, 0.25) is 0 Å². The third-order valence-electron chi connectivity index (χ3n) is 3.76. The minimum absolute atomic E-state index is 0.00102. The molecule has 0 saturated heterocycles. The summed E-state index contributed by atoms with van der Waals surface area (Å²) >= 11 is 1.40. The Kier molecular flexibility index (Phi) is 12.6. The maximum Gasteiger partial charge on any atom is 0.305 e. The Morgan fingerprint density at radius 1 is 0.871 bits per heavy atom. The van der Waals surface area contributed by atoms with E-state index in [9.17, 15) is 4.79 Å². The Morgan fingerprint density at radius 2 is 1.42 bits per heavy atom. The summed E-state index contributed by atoms with van der Waals surface area (Å²) in [6.45, 7) is 3.70. The molecular weight excluding hydrogens is 428 g/mol. The van der Waals surface area contributed by atoms with Crippen molar-refractivity contribution in [2.75, 3.05) is 65.7 Å². The first-order valence-corrected chi connectivity index (χ1v) is 11.0. The van der Waals surface area contributed by atoms with Gasteiger partial charge in [-0.1, -0.05) is 11.8 Å². The largest absolute Gasteiger partial charge is 0.491 e. The molecule has 2 aromatic rings. The molecule has 0 fully saturated rings. The normalized spacial score (nSPS) is 11.0. The monoisotopic (exact) mass is 456 g/mol. The van der Waals surface area contributed by atoms with Crippen LogP contribution in [-0.2, 0) is 23.7 Å². The molecule has 0 atom stereocenters. The minimum Gasteiger partial charge on any atom is -0.491 e. The van der Waals surface area contributed by atoms with Crippen LogP contribution in [0.1, 0.15) is 6.42 Å². The zero-order valence-electron chi connectivity index (χ0n) is 17.5. The molecule has 2 rings (SSSR count). The number of hydrogen-bond donors (Lipinski definition) is 1. The number of rotatable bonds is 18. The van der Waals surface area contributed by atoms with Gasteiger partial charge >= 0.3 is 5.97 Å². The molecule has 0 amide bonds. The fraction of sp³-hybridized carbons (Fsp3) is 0.550. The van der Waals surface area contributed by atoms with Gasteiger partial charge in [0.15, 0.2) is 0 Å². The predicted molar refractivity (Wildman–Crippen MR) is 113 cm³/mol. The first-order valence-electron chi connectivity index (χ1n) is 9.82. The van der Waals surface area contributed by atoms with Gasteiger partial charge in [0.25, 0.3) is 5.22 Å². The smallest absolute Gasteiger partial charge is 0.305 e. The number of benzene rings is 1. The summed E-state index contributed by atoms with van der Waals surface area (Å²) in [5.74, 6) is 0.342. The SMILES string of the molecule is CSc1nnc(-c2ccc(OCCOCCOCCOCCOCCC(=O)O)cc2)o1. The van der Waals surface area contributed by atoms with Crippen molar-refractivity contribution >= 4 is 17.7 Å². The van der Waals surface area contributed by atoms with Crippen LogP contribution in [0.5, 0.6) is 5.75 Å². The Balaban J connectivity index is 1.40. The number of aliphatic carboxylic acids is 1. The highest BCUT2D eigenvalue weighted by Crippen LogP contribution is 2.23. The first kappa shape index (κ1) is 25.1. The van der Waals surface area contributed by atoms with E-state index in [1.165, 1.54) is 11.8 Å². The van der Waals surface area contributed by atoms with Gasteiger partial charge in [0.05, 0.1) is 59.3 Å². The van der Waals surface area contributed by atoms with E-state index in [1.807, 2.05) is 30.5 Å². The molecule has 0 spiro atoms. The summed E-state index contributed by atoms with van der Waals surface area (Å²) in [7, 11) is 0. The molecule has 0 aliphatic carbocycles. The minimum atomic E-state index is -0.872. The molecular formula is C20H28N2O8S. The predicted octanol–water partition coefficient (Wildman–Crippen LogP) is 2.38. The van der Waals surface area contributed by atoms with Gasteiger partial charge in [-0.05, 0) is 30.5 Å². The number of ether oxygens (including phenoxy) is 5. The molecule has 0 unspecified atom stereocenters. The Hall–Kier alpha value is -2.18. The van der Waals surface area contributed by atoms with Crippen LogP contribution in [0.15, 0.2) is 33.9 Å². The van der Waals surface area contributed by atoms with Gasteiger partial charge in [0.2, 0.25) is 5.89 Å². The van der Waals surface area contributed by atoms with Crippen LogP contribution in [0.3, 0.4) is 0 Å². The summed E-state index contributed by atoms with van der Waals surface area (Å²) in [5.41, 5.74) is 0.836. The molecule has 1 N–H and O–H groups in total. The second-order valence-corrected chi connectivity index (χ2v) is 6.80. The summed E-state index contributed by atoms with van der Waals surface area (Å²) in [4.78, 5) is 10.3. The number of carbonyl (C=O) groups is 1. The Labute approximate surface area is 185 Å². The van der Waals surface area contributed by atoms with Gasteiger partial charge in [-0.15, -0.1) is 10.2 Å². The van der Waals surface area contributed by atoms with Crippen LogP contribution < -0.4 is 4.74 Å². The third kappa shape index (κ3) is 11.1. The third-order valence-corrected chi connectivity index (χ3v) is 4.27. The molecule has 172 valence electrons. The molecule has 10 nitrogen and oxygen atoms in total. The number of carboxylic acid groups (broad SMARTS) is 1. The van der Waals surface area contributed by atoms with Crippen LogP contribution in [0.4, 0.5) is 0 Å². The van der Waals surface area contributed by atoms with E-state index in [-0.39, 0.29) is 13.0 Å². The molecule has 0 bridgehead atoms. The lowest BCUT2D eigenvalue weighted by atomic mass is 10.2. The second kappa shape index (κ2) is 15.6. The van der Waals surface area contributed by atoms with Crippen LogP contribution in [-0.4, -0.2) is 87.0 Å². The molecule has 0 radical (unpaired) electrons. The number of nitrogens with zero attached hydrogens (tertiary/aromatic N) is 2. The number of thioether (sulfide) groups is 1. The van der Waals surface area contributed by atoms with Crippen molar-refractivity contribution in [2.24, 2.45) is 0 Å². The van der Waals surface area contributed by atoms with Crippen molar-refractivity contribution in [3.8, 4) is 17.2 Å². The Bertz CT molecular complexity index is 741. The van der Waals surface area contributed by atoms with Gasteiger partial charge in [-0.25, -0.2) is 0 Å². The summed E-state index contributed by atoms with van der Waals surface area (Å²) in [5, 5.41) is 16.9. The van der Waals surface area contributed by atoms with Crippen molar-refractivity contribution in [3.63, 3.8) is 0 Å². The highest BCUT2D eigenvalue weighted by Gasteiger charge is 2.07. The van der Waals surface area contributed by atoms with Gasteiger partial charge in [0.1, 0.15) is 12.4 Å². The standard InChI is InChI=1S/C20H28N2O8S/c1-31-20-22-21-19(30-20)16-2-4-17(5-3-16)29-15-14-28-13-12-27-11-10-26-9-8-25-7-6-18(23)24/h2-5H,6-15H2,1H3,(H,23,24). The van der Waals surface area contributed by atoms with E-state index < -0.39 is 5.97 Å². The lowest BCUT2D eigenvalue weighted by Crippen LogP contribution is -2.14. The van der Waals surface area contributed by atoms with Crippen molar-refractivity contribution in [1.82, 2.24) is 10.2 Å². The van der Waals surface area contributed by atoms with Crippen molar-refractivity contribution in [1.29, 1.82) is 0 Å². The fourth-order valence-corrected chi connectivity index (χ4v) is 2.53. The molecule has 0 aliphatic heterocycles. The summed E-state index contributed by atoms with van der Waals surface area (Å²) < 4.78 is 32.4. The van der Waals surface area contributed by atoms with Crippen LogP contribution >= 0.6 is 11.8 Å². The molecule has 0 saturated carbocycles. The molecule has 1 heterocycles. The van der Waals surface area contributed by atoms with E-state index in [0.29, 0.717) is 64.0 Å². The molecule has 11 heteroatoms. The first-order chi connectivity index (χ1) is 15.2. The van der Waals surface area contributed by atoms with E-state index in [1.54, 1.807) is 0 Å². The second-order valence-electron chi connectivity index (χ2n) is 6.04. The average molecular weight is 457 g/mol. The number of aromatic nitrogens is 2. The zero-order chi connectivity index (χ0) is 22.2. The zero-order valence-corrected chi connectivity index (χ0v) is 18.3. The highest BCUT2D eigenvalue weighted by atomic mass is 32.2. The fourth-order valence-electron chi connectivity index (χ4n) is 2.24.